The van der Waals surface area contributed by atoms with Crippen LogP contribution in [0.1, 0.15) is 27.7 Å². The molecule has 1 rings (SSSR count). The first-order valence-corrected chi connectivity index (χ1v) is 7.29. The number of nitrogens with one attached hydrogen (secondary N) is 1. The van der Waals surface area contributed by atoms with Crippen molar-refractivity contribution in [3.05, 3.63) is 21.0 Å². The zero-order valence-corrected chi connectivity index (χ0v) is 13.4. The van der Waals surface area contributed by atoms with Gasteiger partial charge in [0, 0.05) is 6.54 Å². The Labute approximate surface area is 122 Å². The average molecular weight is 332 g/mol. The Balaban J connectivity index is 2.99. The lowest BCUT2D eigenvalue weighted by atomic mass is 10.1. The third kappa shape index (κ3) is 4.31. The molecule has 0 saturated heterocycles. The molecule has 0 fully saturated rings. The molecule has 0 aliphatic carbocycles. The molecule has 1 atom stereocenters. The van der Waals surface area contributed by atoms with Crippen LogP contribution in [0.4, 0.5) is 5.69 Å². The van der Waals surface area contributed by atoms with Gasteiger partial charge in [-0.05, 0) is 27.8 Å². The van der Waals surface area contributed by atoms with Crippen LogP contribution in [0.3, 0.4) is 0 Å². The van der Waals surface area contributed by atoms with Gasteiger partial charge in [0.15, 0.2) is 0 Å². The summed E-state index contributed by atoms with van der Waals surface area (Å²) in [6, 6.07) is -0.0987. The van der Waals surface area contributed by atoms with E-state index in [1.54, 1.807) is 6.20 Å². The van der Waals surface area contributed by atoms with E-state index in [2.05, 4.69) is 26.3 Å². The number of nitrogens with zero attached hydrogens (tertiary/aromatic N) is 2. The summed E-state index contributed by atoms with van der Waals surface area (Å²) in [4.78, 5) is 12.1. The Morgan fingerprint density at radius 2 is 2.05 bits per heavy atom. The lowest BCUT2D eigenvalue weighted by Gasteiger charge is -2.21. The number of aliphatic hydroxyl groups is 1. The van der Waals surface area contributed by atoms with Gasteiger partial charge >= 0.3 is 0 Å². The van der Waals surface area contributed by atoms with Gasteiger partial charge in [0.2, 0.25) is 0 Å². The summed E-state index contributed by atoms with van der Waals surface area (Å²) in [5.74, 6) is 0.617. The minimum Gasteiger partial charge on any atom is -0.394 e. The quantitative estimate of drug-likeness (QED) is 0.837. The molecule has 5 nitrogen and oxygen atoms in total. The van der Waals surface area contributed by atoms with Crippen LogP contribution in [0.15, 0.2) is 15.5 Å². The van der Waals surface area contributed by atoms with Crippen molar-refractivity contribution in [2.75, 3.05) is 11.9 Å². The Bertz CT molecular complexity index is 471. The van der Waals surface area contributed by atoms with Gasteiger partial charge in [-0.3, -0.25) is 4.79 Å². The monoisotopic (exact) mass is 331 g/mol. The van der Waals surface area contributed by atoms with Crippen LogP contribution in [-0.2, 0) is 6.54 Å². The maximum Gasteiger partial charge on any atom is 0.283 e. The first kappa shape index (κ1) is 16.2. The van der Waals surface area contributed by atoms with E-state index in [9.17, 15) is 9.90 Å². The first-order chi connectivity index (χ1) is 8.86. The molecule has 6 heteroatoms. The predicted molar refractivity (Wildman–Crippen MR) is 80.4 cm³/mol. The lowest BCUT2D eigenvalue weighted by Crippen LogP contribution is -2.32. The zero-order valence-electron chi connectivity index (χ0n) is 11.9. The summed E-state index contributed by atoms with van der Waals surface area (Å²) in [6.45, 7) is 8.69. The molecule has 0 radical (unpaired) electrons. The van der Waals surface area contributed by atoms with Gasteiger partial charge < -0.3 is 10.4 Å². The van der Waals surface area contributed by atoms with E-state index >= 15 is 0 Å². The first-order valence-electron chi connectivity index (χ1n) is 6.49. The van der Waals surface area contributed by atoms with E-state index in [1.165, 1.54) is 4.68 Å². The van der Waals surface area contributed by atoms with Crippen LogP contribution in [0.25, 0.3) is 0 Å². The van der Waals surface area contributed by atoms with Crippen molar-refractivity contribution < 1.29 is 5.11 Å². The number of hydrogen-bond donors (Lipinski definition) is 2. The van der Waals surface area contributed by atoms with Crippen molar-refractivity contribution in [1.82, 2.24) is 9.78 Å². The lowest BCUT2D eigenvalue weighted by molar-refractivity contribution is 0.249. The van der Waals surface area contributed by atoms with Crippen LogP contribution in [0.5, 0.6) is 0 Å². The van der Waals surface area contributed by atoms with Gasteiger partial charge in [-0.25, -0.2) is 4.68 Å². The number of rotatable bonds is 6. The maximum atomic E-state index is 12.1. The molecule has 0 saturated carbocycles. The zero-order chi connectivity index (χ0) is 14.6. The van der Waals surface area contributed by atoms with E-state index in [-0.39, 0.29) is 24.1 Å². The molecule has 2 N–H and O–H groups in total. The molecule has 0 aliphatic rings. The van der Waals surface area contributed by atoms with Crippen molar-refractivity contribution >= 4 is 21.6 Å². The van der Waals surface area contributed by atoms with Crippen molar-refractivity contribution in [2.24, 2.45) is 11.8 Å². The molecule has 0 aromatic carbocycles. The van der Waals surface area contributed by atoms with Gasteiger partial charge in [0.1, 0.15) is 4.47 Å². The Kier molecular flexibility index (Phi) is 6.00. The highest BCUT2D eigenvalue weighted by Crippen LogP contribution is 2.19. The Morgan fingerprint density at radius 3 is 2.53 bits per heavy atom. The summed E-state index contributed by atoms with van der Waals surface area (Å²) in [5, 5.41) is 16.6. The van der Waals surface area contributed by atoms with Crippen molar-refractivity contribution in [1.29, 1.82) is 0 Å². The normalized spacial score (nSPS) is 13.1. The molecule has 0 bridgehead atoms. The molecule has 0 aliphatic heterocycles. The molecule has 1 aromatic heterocycles. The van der Waals surface area contributed by atoms with E-state index < -0.39 is 0 Å². The van der Waals surface area contributed by atoms with Gasteiger partial charge in [-0.2, -0.15) is 5.10 Å². The maximum absolute atomic E-state index is 12.1. The molecule has 108 valence electrons. The van der Waals surface area contributed by atoms with Crippen LogP contribution in [0.2, 0.25) is 0 Å². The second-order valence-corrected chi connectivity index (χ2v) is 6.22. The third-order valence-electron chi connectivity index (χ3n) is 2.87. The van der Waals surface area contributed by atoms with Gasteiger partial charge in [-0.15, -0.1) is 0 Å². The summed E-state index contributed by atoms with van der Waals surface area (Å²) in [7, 11) is 0. The highest BCUT2D eigenvalue weighted by molar-refractivity contribution is 9.10. The average Bonchev–Trinajstić information content (AvgIpc) is 2.33. The van der Waals surface area contributed by atoms with Gasteiger partial charge in [0.25, 0.3) is 5.56 Å². The molecular weight excluding hydrogens is 310 g/mol. The van der Waals surface area contributed by atoms with Crippen molar-refractivity contribution in [2.45, 2.75) is 40.3 Å². The fourth-order valence-electron chi connectivity index (χ4n) is 1.66. The van der Waals surface area contributed by atoms with Gasteiger partial charge in [0.05, 0.1) is 24.5 Å². The van der Waals surface area contributed by atoms with Crippen molar-refractivity contribution in [3.8, 4) is 0 Å². The number of aromatic nitrogens is 2. The van der Waals surface area contributed by atoms with E-state index in [1.807, 2.05) is 27.7 Å². The fourth-order valence-corrected chi connectivity index (χ4v) is 2.09. The molecule has 0 amide bonds. The van der Waals surface area contributed by atoms with Crippen molar-refractivity contribution in [3.63, 3.8) is 0 Å². The second-order valence-electron chi connectivity index (χ2n) is 5.43. The molecular formula is C13H22BrN3O2. The number of hydrogen-bond acceptors (Lipinski definition) is 4. The van der Waals surface area contributed by atoms with Crippen LogP contribution >= 0.6 is 15.9 Å². The standard InChI is InChI=1S/C13H22BrN3O2/c1-8(2)6-17-13(19)12(14)10(5-15-17)16-11(7-18)9(3)4/h5,8-9,11,16,18H,6-7H2,1-4H3/t11-/m1/s1. The fraction of sp³-hybridized carbons (Fsp3) is 0.692. The Hall–Kier alpha value is -0.880. The molecule has 0 spiro atoms. The topological polar surface area (TPSA) is 67.2 Å². The highest BCUT2D eigenvalue weighted by Gasteiger charge is 2.16. The van der Waals surface area contributed by atoms with E-state index in [0.29, 0.717) is 22.6 Å². The largest absolute Gasteiger partial charge is 0.394 e. The number of halogens is 1. The smallest absolute Gasteiger partial charge is 0.283 e. The second kappa shape index (κ2) is 7.05. The molecule has 1 heterocycles. The summed E-state index contributed by atoms with van der Waals surface area (Å²) in [6.07, 6.45) is 1.62. The third-order valence-corrected chi connectivity index (χ3v) is 3.63. The number of anilines is 1. The SMILES string of the molecule is CC(C)Cn1ncc(N[C@H](CO)C(C)C)c(Br)c1=O. The summed E-state index contributed by atoms with van der Waals surface area (Å²) in [5.41, 5.74) is 0.469. The molecule has 1 aromatic rings. The predicted octanol–water partition coefficient (Wildman–Crippen LogP) is 2.09. The summed E-state index contributed by atoms with van der Waals surface area (Å²) < 4.78 is 1.91. The van der Waals surface area contributed by atoms with E-state index in [4.69, 9.17) is 0 Å². The summed E-state index contributed by atoms with van der Waals surface area (Å²) >= 11 is 3.31. The minimum absolute atomic E-state index is 0.0131. The molecule has 19 heavy (non-hydrogen) atoms. The minimum atomic E-state index is -0.154. The Morgan fingerprint density at radius 1 is 1.42 bits per heavy atom. The molecule has 0 unspecified atom stereocenters. The van der Waals surface area contributed by atoms with Gasteiger partial charge in [-0.1, -0.05) is 27.7 Å². The van der Waals surface area contributed by atoms with Crippen LogP contribution < -0.4 is 10.9 Å². The van der Waals surface area contributed by atoms with Crippen LogP contribution in [-0.4, -0.2) is 27.5 Å². The highest BCUT2D eigenvalue weighted by atomic mass is 79.9. The van der Waals surface area contributed by atoms with E-state index in [0.717, 1.165) is 0 Å². The van der Waals surface area contributed by atoms with Crippen LogP contribution in [0, 0.1) is 11.8 Å². The number of aliphatic hydroxyl groups excluding tert-OH is 1.